The molecule has 7 N–H and O–H groups in total. The SMILES string of the molecule is NC1NCN(C2OC(CO)C(O)C2O)C(=O)N1. The molecule has 2 saturated heterocycles. The number of carbonyl (C=O) groups is 1. The molecule has 2 aliphatic rings. The topological polar surface area (TPSA) is 140 Å². The average molecular weight is 248 g/mol. The van der Waals surface area contributed by atoms with E-state index in [0.717, 1.165) is 4.90 Å². The van der Waals surface area contributed by atoms with Crippen molar-refractivity contribution < 1.29 is 24.9 Å². The quantitative estimate of drug-likeness (QED) is 0.295. The standard InChI is InChI=1S/C8H16N4O5/c9-7-10-2-12(8(16)11-7)6-5(15)4(14)3(1-13)17-6/h3-7,10,13-15H,1-2,9H2,(H,11,16). The predicted molar refractivity (Wildman–Crippen MR) is 54.1 cm³/mol. The maximum Gasteiger partial charge on any atom is 0.322 e. The molecule has 2 amide bonds. The largest absolute Gasteiger partial charge is 0.394 e. The summed E-state index contributed by atoms with van der Waals surface area (Å²) in [6, 6.07) is -0.508. The van der Waals surface area contributed by atoms with Crippen LogP contribution in [0.25, 0.3) is 0 Å². The van der Waals surface area contributed by atoms with Crippen LogP contribution in [-0.4, -0.2) is 70.4 Å². The van der Waals surface area contributed by atoms with Crippen molar-refractivity contribution in [1.82, 2.24) is 15.5 Å². The molecule has 2 aliphatic heterocycles. The molecule has 0 aromatic heterocycles. The molecule has 0 aromatic rings. The van der Waals surface area contributed by atoms with Crippen molar-refractivity contribution in [2.24, 2.45) is 5.73 Å². The van der Waals surface area contributed by atoms with Crippen molar-refractivity contribution in [1.29, 1.82) is 0 Å². The van der Waals surface area contributed by atoms with Gasteiger partial charge in [0.25, 0.3) is 0 Å². The molecule has 9 heteroatoms. The lowest BCUT2D eigenvalue weighted by Crippen LogP contribution is -2.67. The number of nitrogens with two attached hydrogens (primary N) is 1. The highest BCUT2D eigenvalue weighted by Crippen LogP contribution is 2.24. The van der Waals surface area contributed by atoms with E-state index in [1.54, 1.807) is 0 Å². The number of rotatable bonds is 2. The Morgan fingerprint density at radius 2 is 2.18 bits per heavy atom. The first-order valence-corrected chi connectivity index (χ1v) is 5.23. The van der Waals surface area contributed by atoms with Crippen molar-refractivity contribution in [3.05, 3.63) is 0 Å². The van der Waals surface area contributed by atoms with E-state index in [1.807, 2.05) is 0 Å². The number of carbonyl (C=O) groups excluding carboxylic acids is 1. The fraction of sp³-hybridized carbons (Fsp3) is 0.875. The van der Waals surface area contributed by atoms with Gasteiger partial charge in [0.1, 0.15) is 24.6 Å². The van der Waals surface area contributed by atoms with E-state index in [-0.39, 0.29) is 6.67 Å². The summed E-state index contributed by atoms with van der Waals surface area (Å²) in [4.78, 5) is 12.8. The van der Waals surface area contributed by atoms with Crippen LogP contribution in [0.1, 0.15) is 0 Å². The van der Waals surface area contributed by atoms with Gasteiger partial charge in [0.15, 0.2) is 6.23 Å². The van der Waals surface area contributed by atoms with Crippen LogP contribution in [0.5, 0.6) is 0 Å². The van der Waals surface area contributed by atoms with Crippen LogP contribution in [0.4, 0.5) is 4.79 Å². The zero-order valence-electron chi connectivity index (χ0n) is 8.98. The molecule has 17 heavy (non-hydrogen) atoms. The minimum absolute atomic E-state index is 0.0829. The number of aliphatic hydroxyl groups excluding tert-OH is 3. The van der Waals surface area contributed by atoms with Gasteiger partial charge in [0.05, 0.1) is 13.3 Å². The first-order chi connectivity index (χ1) is 8.04. The summed E-state index contributed by atoms with van der Waals surface area (Å²) in [6.45, 7) is -0.350. The van der Waals surface area contributed by atoms with Gasteiger partial charge < -0.3 is 25.4 Å². The van der Waals surface area contributed by atoms with E-state index >= 15 is 0 Å². The third-order valence-corrected chi connectivity index (χ3v) is 2.85. The maximum absolute atomic E-state index is 11.6. The van der Waals surface area contributed by atoms with Crippen molar-refractivity contribution in [2.75, 3.05) is 13.3 Å². The van der Waals surface area contributed by atoms with Gasteiger partial charge in [-0.05, 0) is 0 Å². The first kappa shape index (κ1) is 12.5. The second kappa shape index (κ2) is 4.72. The Morgan fingerprint density at radius 3 is 2.71 bits per heavy atom. The van der Waals surface area contributed by atoms with Gasteiger partial charge in [0, 0.05) is 0 Å². The van der Waals surface area contributed by atoms with E-state index < -0.39 is 43.5 Å². The Labute approximate surface area is 97.1 Å². The third-order valence-electron chi connectivity index (χ3n) is 2.85. The van der Waals surface area contributed by atoms with Crippen LogP contribution >= 0.6 is 0 Å². The molecule has 0 bridgehead atoms. The fourth-order valence-electron chi connectivity index (χ4n) is 1.88. The molecule has 2 rings (SSSR count). The second-order valence-electron chi connectivity index (χ2n) is 3.99. The molecule has 0 spiro atoms. The molecule has 9 nitrogen and oxygen atoms in total. The number of hydrogen-bond acceptors (Lipinski definition) is 7. The van der Waals surface area contributed by atoms with E-state index in [1.165, 1.54) is 0 Å². The summed E-state index contributed by atoms with van der Waals surface area (Å²) >= 11 is 0. The smallest absolute Gasteiger partial charge is 0.322 e. The molecule has 5 atom stereocenters. The lowest BCUT2D eigenvalue weighted by Gasteiger charge is -2.36. The minimum Gasteiger partial charge on any atom is -0.394 e. The average Bonchev–Trinajstić information content (AvgIpc) is 2.57. The fourth-order valence-corrected chi connectivity index (χ4v) is 1.88. The molecule has 98 valence electrons. The van der Waals surface area contributed by atoms with Crippen LogP contribution in [0, 0.1) is 0 Å². The van der Waals surface area contributed by atoms with Crippen molar-refractivity contribution in [3.8, 4) is 0 Å². The first-order valence-electron chi connectivity index (χ1n) is 5.23. The van der Waals surface area contributed by atoms with Gasteiger partial charge in [-0.25, -0.2) is 4.79 Å². The van der Waals surface area contributed by atoms with Gasteiger partial charge in [0.2, 0.25) is 0 Å². The number of hydrogen-bond donors (Lipinski definition) is 6. The Kier molecular flexibility index (Phi) is 3.47. The normalized spacial score (nSPS) is 42.7. The molecule has 5 unspecified atom stereocenters. The lowest BCUT2D eigenvalue weighted by atomic mass is 10.1. The highest BCUT2D eigenvalue weighted by atomic mass is 16.6. The molecule has 2 fully saturated rings. The highest BCUT2D eigenvalue weighted by Gasteiger charge is 2.47. The number of amides is 2. The lowest BCUT2D eigenvalue weighted by molar-refractivity contribution is -0.0865. The zero-order valence-corrected chi connectivity index (χ0v) is 8.98. The number of aliphatic hydroxyl groups is 3. The van der Waals surface area contributed by atoms with Crippen LogP contribution < -0.4 is 16.4 Å². The van der Waals surface area contributed by atoms with Crippen molar-refractivity contribution in [3.63, 3.8) is 0 Å². The number of urea groups is 1. The number of ether oxygens (including phenoxy) is 1. The van der Waals surface area contributed by atoms with Gasteiger partial charge in [-0.3, -0.25) is 16.0 Å². The van der Waals surface area contributed by atoms with Crippen LogP contribution in [0.3, 0.4) is 0 Å². The van der Waals surface area contributed by atoms with Crippen molar-refractivity contribution >= 4 is 6.03 Å². The summed E-state index contributed by atoms with van der Waals surface area (Å²) < 4.78 is 5.21. The molecule has 2 heterocycles. The molecule has 0 aliphatic carbocycles. The Hall–Kier alpha value is -0.970. The van der Waals surface area contributed by atoms with Gasteiger partial charge in [-0.15, -0.1) is 0 Å². The molecule has 0 saturated carbocycles. The molecule has 0 aromatic carbocycles. The summed E-state index contributed by atoms with van der Waals surface area (Å²) in [6.07, 6.45) is -5.07. The Bertz CT molecular complexity index is 304. The maximum atomic E-state index is 11.6. The molecular formula is C8H16N4O5. The summed E-state index contributed by atoms with van der Waals surface area (Å²) in [7, 11) is 0. The summed E-state index contributed by atoms with van der Waals surface area (Å²) in [5.74, 6) is 0. The summed E-state index contributed by atoms with van der Waals surface area (Å²) in [5.41, 5.74) is 5.44. The van der Waals surface area contributed by atoms with Crippen molar-refractivity contribution in [2.45, 2.75) is 30.8 Å². The zero-order chi connectivity index (χ0) is 12.6. The van der Waals surface area contributed by atoms with E-state index in [9.17, 15) is 15.0 Å². The molecule has 0 radical (unpaired) electrons. The predicted octanol–water partition coefficient (Wildman–Crippen LogP) is -3.76. The third kappa shape index (κ3) is 2.20. The van der Waals surface area contributed by atoms with Crippen LogP contribution in [0.2, 0.25) is 0 Å². The van der Waals surface area contributed by atoms with Crippen LogP contribution in [0.15, 0.2) is 0 Å². The van der Waals surface area contributed by atoms with Crippen LogP contribution in [-0.2, 0) is 4.74 Å². The number of nitrogens with zero attached hydrogens (tertiary/aromatic N) is 1. The van der Waals surface area contributed by atoms with E-state index in [4.69, 9.17) is 15.6 Å². The van der Waals surface area contributed by atoms with E-state index in [0.29, 0.717) is 0 Å². The van der Waals surface area contributed by atoms with E-state index in [2.05, 4.69) is 10.6 Å². The monoisotopic (exact) mass is 248 g/mol. The molecular weight excluding hydrogens is 232 g/mol. The Balaban J connectivity index is 2.05. The highest BCUT2D eigenvalue weighted by molar-refractivity contribution is 5.75. The number of nitrogens with one attached hydrogen (secondary N) is 2. The van der Waals surface area contributed by atoms with Gasteiger partial charge in [-0.2, -0.15) is 0 Å². The minimum atomic E-state index is -1.27. The summed E-state index contributed by atoms with van der Waals surface area (Å²) in [5, 5.41) is 33.4. The second-order valence-corrected chi connectivity index (χ2v) is 3.99. The Morgan fingerprint density at radius 1 is 1.47 bits per heavy atom. The van der Waals surface area contributed by atoms with Gasteiger partial charge in [-0.1, -0.05) is 0 Å². The van der Waals surface area contributed by atoms with Gasteiger partial charge >= 0.3 is 6.03 Å².